The molecule has 0 bridgehead atoms. The highest BCUT2D eigenvalue weighted by Gasteiger charge is 2.48. The molecule has 1 aliphatic rings. The topological polar surface area (TPSA) is 74.7 Å². The Bertz CT molecular complexity index is 442. The van der Waals surface area contributed by atoms with Gasteiger partial charge in [0, 0.05) is 13.3 Å². The Kier molecular flexibility index (Phi) is 6.75. The third-order valence-electron chi connectivity index (χ3n) is 3.85. The molecular weight excluding hydrogens is 270 g/mol. The van der Waals surface area contributed by atoms with Crippen LogP contribution in [0.25, 0.3) is 0 Å². The molecule has 1 aliphatic heterocycles. The van der Waals surface area contributed by atoms with Gasteiger partial charge in [0.2, 0.25) is 11.8 Å². The first-order valence-electron chi connectivity index (χ1n) is 7.67. The van der Waals surface area contributed by atoms with Gasteiger partial charge in [-0.05, 0) is 13.3 Å². The molecule has 0 saturated carbocycles. The van der Waals surface area contributed by atoms with Crippen molar-refractivity contribution in [3.63, 3.8) is 0 Å². The Morgan fingerprint density at radius 1 is 1.24 bits per heavy atom. The minimum atomic E-state index is -1.20. The van der Waals surface area contributed by atoms with Crippen LogP contribution in [-0.2, 0) is 14.4 Å². The number of likely N-dealkylation sites (tertiary alicyclic amines) is 1. The standard InChI is InChI=1S/C16H25NO4/c1-4-6-7-8-9-10-13(19)14-15(20)12(5-2)17(11(3)18)16(14)21/h5,14-15,20H,4,6-10H2,1-3H3/b12-5+. The van der Waals surface area contributed by atoms with E-state index in [4.69, 9.17) is 0 Å². The first kappa shape index (κ1) is 17.6. The van der Waals surface area contributed by atoms with Crippen LogP contribution in [0.1, 0.15) is 59.3 Å². The number of ketones is 1. The van der Waals surface area contributed by atoms with Crippen LogP contribution in [-0.4, -0.2) is 33.7 Å². The second kappa shape index (κ2) is 8.08. The van der Waals surface area contributed by atoms with Crippen LogP contribution < -0.4 is 0 Å². The van der Waals surface area contributed by atoms with E-state index < -0.39 is 23.8 Å². The van der Waals surface area contributed by atoms with Gasteiger partial charge in [-0.3, -0.25) is 19.3 Å². The van der Waals surface area contributed by atoms with E-state index in [0.717, 1.165) is 37.0 Å². The van der Waals surface area contributed by atoms with Gasteiger partial charge in [0.05, 0.1) is 5.70 Å². The zero-order valence-electron chi connectivity index (χ0n) is 13.1. The molecule has 0 aliphatic carbocycles. The highest BCUT2D eigenvalue weighted by molar-refractivity contribution is 6.11. The Morgan fingerprint density at radius 2 is 1.86 bits per heavy atom. The smallest absolute Gasteiger partial charge is 0.247 e. The van der Waals surface area contributed by atoms with Gasteiger partial charge in [0.25, 0.3) is 0 Å². The van der Waals surface area contributed by atoms with Gasteiger partial charge >= 0.3 is 0 Å². The normalized spacial score (nSPS) is 23.9. The highest BCUT2D eigenvalue weighted by Crippen LogP contribution is 2.30. The Morgan fingerprint density at radius 3 is 2.33 bits per heavy atom. The second-order valence-corrected chi connectivity index (χ2v) is 5.46. The summed E-state index contributed by atoms with van der Waals surface area (Å²) in [5.41, 5.74) is 0.219. The van der Waals surface area contributed by atoms with Crippen LogP contribution >= 0.6 is 0 Å². The van der Waals surface area contributed by atoms with Gasteiger partial charge in [0.15, 0.2) is 0 Å². The first-order chi connectivity index (χ1) is 9.95. The van der Waals surface area contributed by atoms with Crippen molar-refractivity contribution >= 4 is 17.6 Å². The van der Waals surface area contributed by atoms with Crippen molar-refractivity contribution in [3.05, 3.63) is 11.8 Å². The zero-order chi connectivity index (χ0) is 16.0. The maximum atomic E-state index is 12.2. The summed E-state index contributed by atoms with van der Waals surface area (Å²) in [6, 6.07) is 0. The van der Waals surface area contributed by atoms with Crippen LogP contribution in [0.4, 0.5) is 0 Å². The van der Waals surface area contributed by atoms with Crippen molar-refractivity contribution in [2.45, 2.75) is 65.4 Å². The second-order valence-electron chi connectivity index (χ2n) is 5.46. The number of amides is 2. The fraction of sp³-hybridized carbons (Fsp3) is 0.688. The maximum absolute atomic E-state index is 12.2. The maximum Gasteiger partial charge on any atom is 0.247 e. The van der Waals surface area contributed by atoms with E-state index in [1.807, 2.05) is 0 Å². The molecule has 1 heterocycles. The van der Waals surface area contributed by atoms with Gasteiger partial charge in [0.1, 0.15) is 17.8 Å². The Hall–Kier alpha value is -1.49. The molecule has 21 heavy (non-hydrogen) atoms. The van der Waals surface area contributed by atoms with Gasteiger partial charge in [-0.1, -0.05) is 38.7 Å². The molecule has 1 saturated heterocycles. The molecule has 2 unspecified atom stereocenters. The quantitative estimate of drug-likeness (QED) is 0.577. The molecule has 0 radical (unpaired) electrons. The van der Waals surface area contributed by atoms with Crippen molar-refractivity contribution in [2.75, 3.05) is 0 Å². The lowest BCUT2D eigenvalue weighted by molar-refractivity contribution is -0.143. The molecule has 0 aromatic heterocycles. The van der Waals surface area contributed by atoms with E-state index in [2.05, 4.69) is 6.92 Å². The molecule has 5 nitrogen and oxygen atoms in total. The average Bonchev–Trinajstić information content (AvgIpc) is 2.69. The van der Waals surface area contributed by atoms with E-state index >= 15 is 0 Å². The largest absolute Gasteiger partial charge is 0.386 e. The zero-order valence-corrected chi connectivity index (χ0v) is 13.1. The van der Waals surface area contributed by atoms with Crippen LogP contribution in [0.2, 0.25) is 0 Å². The molecule has 1 rings (SSSR count). The number of carbonyl (C=O) groups is 3. The number of hydrogen-bond acceptors (Lipinski definition) is 4. The predicted octanol–water partition coefficient (Wildman–Crippen LogP) is 2.19. The first-order valence-corrected chi connectivity index (χ1v) is 7.67. The summed E-state index contributed by atoms with van der Waals surface area (Å²) in [5.74, 6) is -2.45. The summed E-state index contributed by atoms with van der Waals surface area (Å²) in [5, 5.41) is 10.1. The molecule has 1 fully saturated rings. The van der Waals surface area contributed by atoms with Crippen LogP contribution in [0.15, 0.2) is 11.8 Å². The number of aliphatic hydroxyl groups excluding tert-OH is 1. The number of unbranched alkanes of at least 4 members (excludes halogenated alkanes) is 4. The van der Waals surface area contributed by atoms with Gasteiger partial charge in [-0.15, -0.1) is 0 Å². The lowest BCUT2D eigenvalue weighted by atomic mass is 9.94. The average molecular weight is 295 g/mol. The third kappa shape index (κ3) is 4.00. The van der Waals surface area contributed by atoms with E-state index in [1.165, 1.54) is 13.0 Å². The van der Waals surface area contributed by atoms with E-state index in [0.29, 0.717) is 0 Å². The molecule has 1 N–H and O–H groups in total. The van der Waals surface area contributed by atoms with Crippen molar-refractivity contribution in [1.82, 2.24) is 4.90 Å². The number of aliphatic hydroxyl groups is 1. The van der Waals surface area contributed by atoms with E-state index in [-0.39, 0.29) is 17.9 Å². The fourth-order valence-corrected chi connectivity index (χ4v) is 2.71. The number of Topliss-reactive ketones (excluding diaryl/α,β-unsaturated/α-hetero) is 1. The van der Waals surface area contributed by atoms with Crippen molar-refractivity contribution in [3.8, 4) is 0 Å². The number of hydrogen-bond donors (Lipinski definition) is 1. The molecule has 2 amide bonds. The molecule has 118 valence electrons. The van der Waals surface area contributed by atoms with Crippen LogP contribution in [0.3, 0.4) is 0 Å². The van der Waals surface area contributed by atoms with Gasteiger partial charge in [-0.25, -0.2) is 0 Å². The Balaban J connectivity index is 2.67. The minimum absolute atomic E-state index is 0.219. The van der Waals surface area contributed by atoms with Crippen LogP contribution in [0, 0.1) is 5.92 Å². The molecule has 2 atom stereocenters. The Labute approximate surface area is 126 Å². The number of nitrogens with zero attached hydrogens (tertiary/aromatic N) is 1. The summed E-state index contributed by atoms with van der Waals surface area (Å²) in [7, 11) is 0. The molecule has 0 aromatic rings. The van der Waals surface area contributed by atoms with Crippen molar-refractivity contribution in [1.29, 1.82) is 0 Å². The van der Waals surface area contributed by atoms with Crippen LogP contribution in [0.5, 0.6) is 0 Å². The van der Waals surface area contributed by atoms with Gasteiger partial charge in [-0.2, -0.15) is 0 Å². The minimum Gasteiger partial charge on any atom is -0.386 e. The molecule has 5 heteroatoms. The molecule has 0 aromatic carbocycles. The third-order valence-corrected chi connectivity index (χ3v) is 3.85. The fourth-order valence-electron chi connectivity index (χ4n) is 2.71. The number of carbonyl (C=O) groups excluding carboxylic acids is 3. The SMILES string of the molecule is C/C=C1\C(O)C(C(=O)CCCCCCC)C(=O)N1C(C)=O. The van der Waals surface area contributed by atoms with Gasteiger partial charge < -0.3 is 5.11 Å². The number of imide groups is 1. The molecule has 0 spiro atoms. The highest BCUT2D eigenvalue weighted by atomic mass is 16.3. The van der Waals surface area contributed by atoms with Crippen molar-refractivity contribution in [2.24, 2.45) is 5.92 Å². The summed E-state index contributed by atoms with van der Waals surface area (Å²) in [6.45, 7) is 5.01. The molecular formula is C16H25NO4. The van der Waals surface area contributed by atoms with E-state index in [1.54, 1.807) is 6.92 Å². The number of rotatable bonds is 7. The predicted molar refractivity (Wildman–Crippen MR) is 79.2 cm³/mol. The summed E-state index contributed by atoms with van der Waals surface area (Å²) in [6.07, 6.45) is 5.61. The van der Waals surface area contributed by atoms with Crippen molar-refractivity contribution < 1.29 is 19.5 Å². The van der Waals surface area contributed by atoms with E-state index in [9.17, 15) is 19.5 Å². The number of allylic oxidation sites excluding steroid dienone is 1. The summed E-state index contributed by atoms with van der Waals surface area (Å²) < 4.78 is 0. The monoisotopic (exact) mass is 295 g/mol. The summed E-state index contributed by atoms with van der Waals surface area (Å²) in [4.78, 5) is 36.8. The lowest BCUT2D eigenvalue weighted by Crippen LogP contribution is -2.33. The lowest BCUT2D eigenvalue weighted by Gasteiger charge is -2.13. The summed E-state index contributed by atoms with van der Waals surface area (Å²) >= 11 is 0.